The third-order valence-corrected chi connectivity index (χ3v) is 6.06. The summed E-state index contributed by atoms with van der Waals surface area (Å²) in [5.41, 5.74) is -0.391. The van der Waals surface area contributed by atoms with Gasteiger partial charge in [-0.2, -0.15) is 0 Å². The smallest absolute Gasteiger partial charge is 0.408 e. The Morgan fingerprint density at radius 3 is 2.44 bits per heavy atom. The van der Waals surface area contributed by atoms with Crippen molar-refractivity contribution in [1.82, 2.24) is 10.3 Å². The van der Waals surface area contributed by atoms with E-state index in [0.29, 0.717) is 5.69 Å². The number of hydrogen-bond donors (Lipinski definition) is 2. The maximum absolute atomic E-state index is 15.0. The fourth-order valence-corrected chi connectivity index (χ4v) is 4.50. The van der Waals surface area contributed by atoms with E-state index < -0.39 is 35.3 Å². The van der Waals surface area contributed by atoms with Crippen molar-refractivity contribution < 1.29 is 23.1 Å². The molecule has 1 aromatic carbocycles. The molecule has 0 saturated heterocycles. The SMILES string of the molecule is Cc1nccc(Cl)c1-c1cc(F)c(NC(=O)[C@@H](NC(=O)OC(C)(C)C)C2CCCCC2)cc1F. The van der Waals surface area contributed by atoms with Crippen LogP contribution in [0.3, 0.4) is 0 Å². The Balaban J connectivity index is 1.85. The van der Waals surface area contributed by atoms with Gasteiger partial charge in [0.25, 0.3) is 0 Å². The van der Waals surface area contributed by atoms with Crippen molar-refractivity contribution >= 4 is 29.3 Å². The highest BCUT2D eigenvalue weighted by Gasteiger charge is 2.33. The van der Waals surface area contributed by atoms with Gasteiger partial charge in [0, 0.05) is 29.1 Å². The lowest BCUT2D eigenvalue weighted by Crippen LogP contribution is -2.50. The van der Waals surface area contributed by atoms with E-state index in [1.807, 2.05) is 0 Å². The van der Waals surface area contributed by atoms with Crippen LogP contribution < -0.4 is 10.6 Å². The highest BCUT2D eigenvalue weighted by atomic mass is 35.5. The summed E-state index contributed by atoms with van der Waals surface area (Å²) >= 11 is 6.18. The van der Waals surface area contributed by atoms with E-state index in [1.54, 1.807) is 27.7 Å². The van der Waals surface area contributed by atoms with Gasteiger partial charge in [0.05, 0.1) is 10.7 Å². The molecule has 2 N–H and O–H groups in total. The molecule has 0 unspecified atom stereocenters. The molecule has 2 aromatic rings. The second kappa shape index (κ2) is 10.7. The van der Waals surface area contributed by atoms with Crippen molar-refractivity contribution in [3.8, 4) is 11.1 Å². The van der Waals surface area contributed by atoms with E-state index in [4.69, 9.17) is 16.3 Å². The summed E-state index contributed by atoms with van der Waals surface area (Å²) in [7, 11) is 0. The standard InChI is InChI=1S/C25H30ClF2N3O3/c1-14-21(17(26)10-11-29-14)16-12-19(28)20(13-18(16)27)30-23(32)22(15-8-6-5-7-9-15)31-24(33)34-25(2,3)4/h10-13,15,22H,5-9H2,1-4H3,(H,30,32)(H,31,33)/t22-/m0/s1. The molecule has 1 fully saturated rings. The van der Waals surface area contributed by atoms with Crippen molar-refractivity contribution in [2.24, 2.45) is 5.92 Å². The molecule has 1 saturated carbocycles. The Morgan fingerprint density at radius 1 is 1.15 bits per heavy atom. The summed E-state index contributed by atoms with van der Waals surface area (Å²) in [5.74, 6) is -2.35. The van der Waals surface area contributed by atoms with Gasteiger partial charge < -0.3 is 15.4 Å². The third-order valence-electron chi connectivity index (χ3n) is 5.75. The van der Waals surface area contributed by atoms with E-state index in [0.717, 1.165) is 44.2 Å². The Labute approximate surface area is 203 Å². The minimum absolute atomic E-state index is 0.0539. The highest BCUT2D eigenvalue weighted by molar-refractivity contribution is 6.33. The first-order valence-electron chi connectivity index (χ1n) is 11.4. The van der Waals surface area contributed by atoms with Gasteiger partial charge in [0.1, 0.15) is 23.3 Å². The van der Waals surface area contributed by atoms with Gasteiger partial charge in [-0.05, 0) is 58.6 Å². The summed E-state index contributed by atoms with van der Waals surface area (Å²) in [6.07, 6.45) is 5.12. The van der Waals surface area contributed by atoms with Crippen LogP contribution in [0.5, 0.6) is 0 Å². The molecule has 0 aliphatic heterocycles. The van der Waals surface area contributed by atoms with Gasteiger partial charge in [-0.3, -0.25) is 9.78 Å². The summed E-state index contributed by atoms with van der Waals surface area (Å²) in [4.78, 5) is 29.6. The van der Waals surface area contributed by atoms with Crippen molar-refractivity contribution in [2.75, 3.05) is 5.32 Å². The molecule has 1 aliphatic carbocycles. The average molecular weight is 494 g/mol. The lowest BCUT2D eigenvalue weighted by Gasteiger charge is -2.31. The van der Waals surface area contributed by atoms with E-state index in [-0.39, 0.29) is 27.8 Å². The van der Waals surface area contributed by atoms with Crippen LogP contribution in [0.25, 0.3) is 11.1 Å². The molecule has 0 bridgehead atoms. The number of aromatic nitrogens is 1. The minimum atomic E-state index is -0.938. The second-order valence-corrected chi connectivity index (χ2v) is 9.98. The quantitative estimate of drug-likeness (QED) is 0.505. The topological polar surface area (TPSA) is 80.3 Å². The lowest BCUT2D eigenvalue weighted by molar-refractivity contribution is -0.119. The van der Waals surface area contributed by atoms with Crippen LogP contribution in [-0.2, 0) is 9.53 Å². The van der Waals surface area contributed by atoms with E-state index >= 15 is 0 Å². The van der Waals surface area contributed by atoms with Crippen LogP contribution in [0.4, 0.5) is 19.3 Å². The predicted octanol–water partition coefficient (Wildman–Crippen LogP) is 6.40. The van der Waals surface area contributed by atoms with Crippen molar-refractivity contribution in [1.29, 1.82) is 0 Å². The summed E-state index contributed by atoms with van der Waals surface area (Å²) in [5, 5.41) is 5.32. The number of benzene rings is 1. The van der Waals surface area contributed by atoms with Crippen LogP contribution in [0.2, 0.25) is 5.02 Å². The van der Waals surface area contributed by atoms with Crippen LogP contribution >= 0.6 is 11.6 Å². The predicted molar refractivity (Wildman–Crippen MR) is 128 cm³/mol. The Bertz CT molecular complexity index is 1050. The van der Waals surface area contributed by atoms with Crippen molar-refractivity contribution in [3.63, 3.8) is 0 Å². The molecule has 2 amide bonds. The fraction of sp³-hybridized carbons (Fsp3) is 0.480. The largest absolute Gasteiger partial charge is 0.444 e. The zero-order chi connectivity index (χ0) is 25.0. The average Bonchev–Trinajstić information content (AvgIpc) is 2.74. The molecule has 1 heterocycles. The number of aryl methyl sites for hydroxylation is 1. The van der Waals surface area contributed by atoms with E-state index in [2.05, 4.69) is 15.6 Å². The van der Waals surface area contributed by atoms with Gasteiger partial charge in [0.15, 0.2) is 0 Å². The summed E-state index contributed by atoms with van der Waals surface area (Å²) < 4.78 is 35.3. The van der Waals surface area contributed by atoms with Crippen molar-refractivity contribution in [2.45, 2.75) is 71.4 Å². The molecule has 9 heteroatoms. The molecule has 34 heavy (non-hydrogen) atoms. The number of anilines is 1. The van der Waals surface area contributed by atoms with Crippen LogP contribution in [0, 0.1) is 24.5 Å². The van der Waals surface area contributed by atoms with Gasteiger partial charge >= 0.3 is 6.09 Å². The number of alkyl carbamates (subject to hydrolysis) is 1. The zero-order valence-electron chi connectivity index (χ0n) is 19.8. The van der Waals surface area contributed by atoms with Gasteiger partial charge in [-0.1, -0.05) is 30.9 Å². The molecule has 184 valence electrons. The lowest BCUT2D eigenvalue weighted by atomic mass is 9.83. The van der Waals surface area contributed by atoms with Crippen LogP contribution in [-0.4, -0.2) is 28.6 Å². The van der Waals surface area contributed by atoms with Gasteiger partial charge in [-0.15, -0.1) is 0 Å². The molecular weight excluding hydrogens is 464 g/mol. The maximum Gasteiger partial charge on any atom is 0.408 e. The normalized spacial score (nSPS) is 15.5. The maximum atomic E-state index is 15.0. The molecule has 1 aliphatic rings. The number of rotatable bonds is 5. The molecule has 1 atom stereocenters. The number of carbonyl (C=O) groups excluding carboxylic acids is 2. The minimum Gasteiger partial charge on any atom is -0.444 e. The molecular formula is C25H30ClF2N3O3. The molecule has 1 aromatic heterocycles. The van der Waals surface area contributed by atoms with Gasteiger partial charge in [0.2, 0.25) is 5.91 Å². The molecule has 3 rings (SSSR count). The number of pyridine rings is 1. The fourth-order valence-electron chi connectivity index (χ4n) is 4.20. The Morgan fingerprint density at radius 2 is 1.82 bits per heavy atom. The number of carbonyl (C=O) groups is 2. The number of hydrogen-bond acceptors (Lipinski definition) is 4. The first-order valence-corrected chi connectivity index (χ1v) is 11.7. The van der Waals surface area contributed by atoms with Crippen LogP contribution in [0.1, 0.15) is 58.6 Å². The molecule has 6 nitrogen and oxygen atoms in total. The third kappa shape index (κ3) is 6.44. The van der Waals surface area contributed by atoms with Gasteiger partial charge in [-0.25, -0.2) is 13.6 Å². The molecule has 0 radical (unpaired) electrons. The summed E-state index contributed by atoms with van der Waals surface area (Å²) in [6.45, 7) is 6.81. The Kier molecular flexibility index (Phi) is 8.13. The number of ether oxygens (including phenoxy) is 1. The number of nitrogens with one attached hydrogen (secondary N) is 2. The number of halogens is 3. The zero-order valence-corrected chi connectivity index (χ0v) is 20.6. The monoisotopic (exact) mass is 493 g/mol. The number of amides is 2. The van der Waals surface area contributed by atoms with E-state index in [1.165, 1.54) is 12.3 Å². The second-order valence-electron chi connectivity index (χ2n) is 9.58. The molecule has 0 spiro atoms. The Hall–Kier alpha value is -2.74. The van der Waals surface area contributed by atoms with E-state index in [9.17, 15) is 18.4 Å². The number of nitrogens with zero attached hydrogens (tertiary/aromatic N) is 1. The summed E-state index contributed by atoms with van der Waals surface area (Å²) in [6, 6.07) is 2.45. The first kappa shape index (κ1) is 25.9. The first-order chi connectivity index (χ1) is 16.0. The van der Waals surface area contributed by atoms with Crippen molar-refractivity contribution in [3.05, 3.63) is 46.7 Å². The van der Waals surface area contributed by atoms with Crippen LogP contribution in [0.15, 0.2) is 24.4 Å². The highest BCUT2D eigenvalue weighted by Crippen LogP contribution is 2.34.